The molecule has 0 aliphatic carbocycles. The summed E-state index contributed by atoms with van der Waals surface area (Å²) in [6.45, 7) is 8.33. The van der Waals surface area contributed by atoms with Crippen molar-refractivity contribution in [3.63, 3.8) is 0 Å². The highest BCUT2D eigenvalue weighted by atomic mass is 16.5. The third-order valence-electron chi connectivity index (χ3n) is 3.29. The summed E-state index contributed by atoms with van der Waals surface area (Å²) < 4.78 is 5.90. The maximum Gasteiger partial charge on any atom is 0.127 e. The van der Waals surface area contributed by atoms with E-state index in [9.17, 15) is 0 Å². The second-order valence-corrected chi connectivity index (χ2v) is 4.54. The van der Waals surface area contributed by atoms with Gasteiger partial charge in [-0.25, -0.2) is 0 Å². The SMILES string of the molecule is CCNC1CCCOc2c(C)ccc(C)c21. The summed E-state index contributed by atoms with van der Waals surface area (Å²) in [5.74, 6) is 1.11. The van der Waals surface area contributed by atoms with E-state index in [-0.39, 0.29) is 0 Å². The minimum atomic E-state index is 0.461. The number of benzene rings is 1. The number of hydrogen-bond acceptors (Lipinski definition) is 2. The molecule has 1 aliphatic heterocycles. The summed E-state index contributed by atoms with van der Waals surface area (Å²) in [6.07, 6.45) is 2.30. The molecule has 1 N–H and O–H groups in total. The van der Waals surface area contributed by atoms with Gasteiger partial charge in [-0.3, -0.25) is 0 Å². The molecule has 2 rings (SSSR count). The molecule has 1 aromatic rings. The number of hydrogen-bond donors (Lipinski definition) is 1. The van der Waals surface area contributed by atoms with Crippen LogP contribution in [-0.4, -0.2) is 13.2 Å². The lowest BCUT2D eigenvalue weighted by Gasteiger charge is -2.21. The Morgan fingerprint density at radius 2 is 2.06 bits per heavy atom. The Kier molecular flexibility index (Phi) is 3.49. The van der Waals surface area contributed by atoms with Crippen molar-refractivity contribution in [3.05, 3.63) is 28.8 Å². The molecule has 16 heavy (non-hydrogen) atoms. The van der Waals surface area contributed by atoms with E-state index in [0.29, 0.717) is 6.04 Å². The summed E-state index contributed by atoms with van der Waals surface area (Å²) in [7, 11) is 0. The van der Waals surface area contributed by atoms with E-state index < -0.39 is 0 Å². The summed E-state index contributed by atoms with van der Waals surface area (Å²) in [6, 6.07) is 4.82. The van der Waals surface area contributed by atoms with Crippen molar-refractivity contribution < 1.29 is 4.74 Å². The second kappa shape index (κ2) is 4.88. The molecule has 0 saturated carbocycles. The molecule has 88 valence electrons. The summed E-state index contributed by atoms with van der Waals surface area (Å²) >= 11 is 0. The molecule has 1 aromatic carbocycles. The molecule has 2 nitrogen and oxygen atoms in total. The van der Waals surface area contributed by atoms with E-state index in [1.54, 1.807) is 0 Å². The molecule has 0 bridgehead atoms. The fraction of sp³-hybridized carbons (Fsp3) is 0.571. The normalized spacial score (nSPS) is 19.8. The highest BCUT2D eigenvalue weighted by molar-refractivity contribution is 5.47. The molecule has 0 saturated heterocycles. The van der Waals surface area contributed by atoms with Crippen LogP contribution in [0.1, 0.15) is 42.5 Å². The van der Waals surface area contributed by atoms with E-state index in [0.717, 1.165) is 25.3 Å². The van der Waals surface area contributed by atoms with Crippen LogP contribution in [-0.2, 0) is 0 Å². The van der Waals surface area contributed by atoms with Gasteiger partial charge in [0.05, 0.1) is 6.61 Å². The average Bonchev–Trinajstić information content (AvgIpc) is 2.48. The van der Waals surface area contributed by atoms with Gasteiger partial charge in [0.1, 0.15) is 5.75 Å². The lowest BCUT2D eigenvalue weighted by molar-refractivity contribution is 0.313. The lowest BCUT2D eigenvalue weighted by atomic mass is 9.95. The zero-order chi connectivity index (χ0) is 11.5. The Morgan fingerprint density at radius 1 is 1.31 bits per heavy atom. The van der Waals surface area contributed by atoms with Crippen LogP contribution in [0, 0.1) is 13.8 Å². The third-order valence-corrected chi connectivity index (χ3v) is 3.29. The number of ether oxygens (including phenoxy) is 1. The van der Waals surface area contributed by atoms with Gasteiger partial charge < -0.3 is 10.1 Å². The van der Waals surface area contributed by atoms with Crippen LogP contribution in [0.5, 0.6) is 5.75 Å². The minimum Gasteiger partial charge on any atom is -0.493 e. The van der Waals surface area contributed by atoms with Crippen molar-refractivity contribution in [1.82, 2.24) is 5.32 Å². The number of fused-ring (bicyclic) bond motifs is 1. The van der Waals surface area contributed by atoms with Crippen LogP contribution >= 0.6 is 0 Å². The van der Waals surface area contributed by atoms with Crippen LogP contribution in [0.3, 0.4) is 0 Å². The van der Waals surface area contributed by atoms with Crippen LogP contribution in [0.2, 0.25) is 0 Å². The smallest absolute Gasteiger partial charge is 0.127 e. The lowest BCUT2D eigenvalue weighted by Crippen LogP contribution is -2.21. The monoisotopic (exact) mass is 219 g/mol. The molecule has 0 spiro atoms. The molecule has 1 heterocycles. The van der Waals surface area contributed by atoms with Gasteiger partial charge in [-0.15, -0.1) is 0 Å². The predicted molar refractivity (Wildman–Crippen MR) is 67.1 cm³/mol. The van der Waals surface area contributed by atoms with E-state index in [4.69, 9.17) is 4.74 Å². The van der Waals surface area contributed by atoms with Gasteiger partial charge in [0.15, 0.2) is 0 Å². The van der Waals surface area contributed by atoms with Gasteiger partial charge in [0.25, 0.3) is 0 Å². The Balaban J connectivity index is 2.46. The van der Waals surface area contributed by atoms with E-state index in [1.807, 2.05) is 0 Å². The molecular weight excluding hydrogens is 198 g/mol. The average molecular weight is 219 g/mol. The quantitative estimate of drug-likeness (QED) is 0.825. The summed E-state index contributed by atoms with van der Waals surface area (Å²) in [5.41, 5.74) is 3.97. The molecule has 1 unspecified atom stereocenters. The standard InChI is InChI=1S/C14H21NO/c1-4-15-12-6-5-9-16-14-11(3)8-7-10(2)13(12)14/h7-8,12,15H,4-6,9H2,1-3H3. The highest BCUT2D eigenvalue weighted by Crippen LogP contribution is 2.36. The fourth-order valence-electron chi connectivity index (χ4n) is 2.49. The Hall–Kier alpha value is -1.02. The van der Waals surface area contributed by atoms with Crippen molar-refractivity contribution >= 4 is 0 Å². The van der Waals surface area contributed by atoms with Gasteiger partial charge in [-0.1, -0.05) is 19.1 Å². The maximum absolute atomic E-state index is 5.90. The Morgan fingerprint density at radius 3 is 2.81 bits per heavy atom. The van der Waals surface area contributed by atoms with Crippen LogP contribution in [0.25, 0.3) is 0 Å². The predicted octanol–water partition coefficient (Wildman–Crippen LogP) is 3.13. The van der Waals surface area contributed by atoms with Crippen LogP contribution in [0.4, 0.5) is 0 Å². The Bertz CT molecular complexity index is 373. The largest absolute Gasteiger partial charge is 0.493 e. The molecule has 0 fully saturated rings. The van der Waals surface area contributed by atoms with Gasteiger partial charge in [0.2, 0.25) is 0 Å². The number of rotatable bonds is 2. The fourth-order valence-corrected chi connectivity index (χ4v) is 2.49. The van der Waals surface area contributed by atoms with Crippen molar-refractivity contribution in [1.29, 1.82) is 0 Å². The van der Waals surface area contributed by atoms with Crippen LogP contribution < -0.4 is 10.1 Å². The van der Waals surface area contributed by atoms with E-state index >= 15 is 0 Å². The molecule has 2 heteroatoms. The van der Waals surface area contributed by atoms with Gasteiger partial charge in [0, 0.05) is 11.6 Å². The first-order valence-electron chi connectivity index (χ1n) is 6.20. The zero-order valence-corrected chi connectivity index (χ0v) is 10.5. The van der Waals surface area contributed by atoms with Crippen molar-refractivity contribution in [2.24, 2.45) is 0 Å². The second-order valence-electron chi connectivity index (χ2n) is 4.54. The van der Waals surface area contributed by atoms with Crippen molar-refractivity contribution in [3.8, 4) is 5.75 Å². The van der Waals surface area contributed by atoms with Crippen molar-refractivity contribution in [2.45, 2.75) is 39.7 Å². The van der Waals surface area contributed by atoms with Gasteiger partial charge in [-0.05, 0) is 44.4 Å². The number of nitrogens with one attached hydrogen (secondary N) is 1. The molecule has 0 aromatic heterocycles. The minimum absolute atomic E-state index is 0.461. The molecule has 0 radical (unpaired) electrons. The highest BCUT2D eigenvalue weighted by Gasteiger charge is 2.22. The topological polar surface area (TPSA) is 21.3 Å². The van der Waals surface area contributed by atoms with Gasteiger partial charge >= 0.3 is 0 Å². The van der Waals surface area contributed by atoms with Gasteiger partial charge in [-0.2, -0.15) is 0 Å². The van der Waals surface area contributed by atoms with E-state index in [1.165, 1.54) is 23.1 Å². The number of aryl methyl sites for hydroxylation is 2. The van der Waals surface area contributed by atoms with Crippen LogP contribution in [0.15, 0.2) is 12.1 Å². The maximum atomic E-state index is 5.90. The molecular formula is C14H21NO. The Labute approximate surface area is 98.0 Å². The first kappa shape index (κ1) is 11.5. The third kappa shape index (κ3) is 2.07. The summed E-state index contributed by atoms with van der Waals surface area (Å²) in [5, 5.41) is 3.57. The summed E-state index contributed by atoms with van der Waals surface area (Å²) in [4.78, 5) is 0. The van der Waals surface area contributed by atoms with E-state index in [2.05, 4.69) is 38.2 Å². The first-order chi connectivity index (χ1) is 7.74. The first-order valence-corrected chi connectivity index (χ1v) is 6.20. The zero-order valence-electron chi connectivity index (χ0n) is 10.5. The molecule has 1 atom stereocenters. The van der Waals surface area contributed by atoms with Crippen molar-refractivity contribution in [2.75, 3.05) is 13.2 Å². The molecule has 1 aliphatic rings. The molecule has 0 amide bonds.